The lowest BCUT2D eigenvalue weighted by Gasteiger charge is -2.08. The van der Waals surface area contributed by atoms with Crippen LogP contribution in [0, 0.1) is 0 Å². The number of amides is 1. The summed E-state index contributed by atoms with van der Waals surface area (Å²) in [7, 11) is 0. The van der Waals surface area contributed by atoms with Crippen LogP contribution < -0.4 is 16.1 Å². The minimum Gasteiger partial charge on any atom is -0.406 e. The van der Waals surface area contributed by atoms with Crippen LogP contribution in [0.2, 0.25) is 0 Å². The SMILES string of the molecule is NC(=O)c1cccn(OCc2ccccc2)c1=O. The monoisotopic (exact) mass is 244 g/mol. The minimum absolute atomic E-state index is 0.0921. The zero-order valence-electron chi connectivity index (χ0n) is 9.58. The predicted molar refractivity (Wildman–Crippen MR) is 65.9 cm³/mol. The van der Waals surface area contributed by atoms with Gasteiger partial charge in [-0.2, -0.15) is 4.73 Å². The summed E-state index contributed by atoms with van der Waals surface area (Å²) in [5.74, 6) is -0.766. The van der Waals surface area contributed by atoms with Crippen LogP contribution in [-0.2, 0) is 6.61 Å². The number of aromatic nitrogens is 1. The number of benzene rings is 1. The van der Waals surface area contributed by atoms with Gasteiger partial charge in [0.1, 0.15) is 12.2 Å². The molecule has 0 saturated heterocycles. The maximum Gasteiger partial charge on any atom is 0.295 e. The van der Waals surface area contributed by atoms with Crippen molar-refractivity contribution < 1.29 is 9.63 Å². The smallest absolute Gasteiger partial charge is 0.295 e. The van der Waals surface area contributed by atoms with Gasteiger partial charge in [0.25, 0.3) is 11.5 Å². The molecule has 2 N–H and O–H groups in total. The van der Waals surface area contributed by atoms with Gasteiger partial charge in [-0.1, -0.05) is 30.3 Å². The third-order valence-electron chi connectivity index (χ3n) is 2.39. The number of hydrogen-bond acceptors (Lipinski definition) is 3. The first-order valence-corrected chi connectivity index (χ1v) is 5.37. The molecule has 0 aliphatic heterocycles. The second-order valence-electron chi connectivity index (χ2n) is 3.68. The van der Waals surface area contributed by atoms with Crippen LogP contribution in [-0.4, -0.2) is 10.6 Å². The average molecular weight is 244 g/mol. The van der Waals surface area contributed by atoms with E-state index >= 15 is 0 Å². The third-order valence-corrected chi connectivity index (χ3v) is 2.39. The van der Waals surface area contributed by atoms with E-state index in [-0.39, 0.29) is 12.2 Å². The molecule has 1 aromatic carbocycles. The summed E-state index contributed by atoms with van der Waals surface area (Å²) < 4.78 is 1.01. The topological polar surface area (TPSA) is 74.3 Å². The molecule has 0 unspecified atom stereocenters. The Balaban J connectivity index is 2.18. The van der Waals surface area contributed by atoms with Gasteiger partial charge in [0, 0.05) is 6.20 Å². The molecule has 0 atom stereocenters. The van der Waals surface area contributed by atoms with Crippen LogP contribution in [0.5, 0.6) is 0 Å². The average Bonchev–Trinajstić information content (AvgIpc) is 2.38. The molecule has 0 fully saturated rings. The molecule has 1 amide bonds. The Morgan fingerprint density at radius 2 is 1.89 bits per heavy atom. The summed E-state index contributed by atoms with van der Waals surface area (Å²) in [5.41, 5.74) is 5.36. The normalized spacial score (nSPS) is 10.0. The number of rotatable bonds is 4. The molecule has 5 nitrogen and oxygen atoms in total. The molecule has 0 aliphatic carbocycles. The van der Waals surface area contributed by atoms with Crippen LogP contribution in [0.4, 0.5) is 0 Å². The lowest BCUT2D eigenvalue weighted by Crippen LogP contribution is -2.32. The fourth-order valence-electron chi connectivity index (χ4n) is 1.48. The second-order valence-corrected chi connectivity index (χ2v) is 3.68. The molecular weight excluding hydrogens is 232 g/mol. The number of hydrogen-bond donors (Lipinski definition) is 1. The molecule has 0 saturated carbocycles. The molecule has 1 aromatic heterocycles. The van der Waals surface area contributed by atoms with E-state index in [9.17, 15) is 9.59 Å². The molecule has 1 heterocycles. The van der Waals surface area contributed by atoms with E-state index in [1.807, 2.05) is 30.3 Å². The molecular formula is C13H12N2O3. The molecule has 0 spiro atoms. The van der Waals surface area contributed by atoms with Gasteiger partial charge in [-0.05, 0) is 17.7 Å². The Hall–Kier alpha value is -2.56. The first-order chi connectivity index (χ1) is 8.68. The second kappa shape index (κ2) is 5.18. The summed E-state index contributed by atoms with van der Waals surface area (Å²) in [6, 6.07) is 12.3. The van der Waals surface area contributed by atoms with E-state index in [4.69, 9.17) is 10.6 Å². The molecule has 0 aliphatic rings. The van der Waals surface area contributed by atoms with Gasteiger partial charge in [-0.15, -0.1) is 0 Å². The first kappa shape index (κ1) is 11.9. The van der Waals surface area contributed by atoms with Gasteiger partial charge in [0.2, 0.25) is 0 Å². The van der Waals surface area contributed by atoms with Crippen molar-refractivity contribution in [1.29, 1.82) is 0 Å². The molecule has 18 heavy (non-hydrogen) atoms. The largest absolute Gasteiger partial charge is 0.406 e. The van der Waals surface area contributed by atoms with E-state index in [2.05, 4.69) is 0 Å². The highest BCUT2D eigenvalue weighted by atomic mass is 16.7. The van der Waals surface area contributed by atoms with Crippen molar-refractivity contribution >= 4 is 5.91 Å². The highest BCUT2D eigenvalue weighted by Crippen LogP contribution is 1.98. The highest BCUT2D eigenvalue weighted by Gasteiger charge is 2.08. The fraction of sp³-hybridized carbons (Fsp3) is 0.0769. The van der Waals surface area contributed by atoms with Crippen molar-refractivity contribution in [2.24, 2.45) is 5.73 Å². The fourth-order valence-corrected chi connectivity index (χ4v) is 1.48. The number of nitrogens with two attached hydrogens (primary N) is 1. The molecule has 5 heteroatoms. The number of carbonyl (C=O) groups is 1. The van der Waals surface area contributed by atoms with E-state index in [1.54, 1.807) is 0 Å². The standard InChI is InChI=1S/C13H12N2O3/c14-12(16)11-7-4-8-15(13(11)17)18-9-10-5-2-1-3-6-10/h1-8H,9H2,(H2,14,16). The predicted octanol–water partition coefficient (Wildman–Crippen LogP) is 0.576. The van der Waals surface area contributed by atoms with Gasteiger partial charge in [-0.3, -0.25) is 9.59 Å². The zero-order chi connectivity index (χ0) is 13.0. The van der Waals surface area contributed by atoms with Gasteiger partial charge >= 0.3 is 0 Å². The van der Waals surface area contributed by atoms with Gasteiger partial charge < -0.3 is 10.6 Å². The summed E-state index contributed by atoms with van der Waals surface area (Å²) in [6.07, 6.45) is 1.44. The summed E-state index contributed by atoms with van der Waals surface area (Å²) in [6.45, 7) is 0.239. The van der Waals surface area contributed by atoms with Crippen LogP contribution in [0.1, 0.15) is 15.9 Å². The van der Waals surface area contributed by atoms with Crippen molar-refractivity contribution in [3.05, 3.63) is 70.1 Å². The summed E-state index contributed by atoms with van der Waals surface area (Å²) >= 11 is 0. The third kappa shape index (κ3) is 2.57. The summed E-state index contributed by atoms with van der Waals surface area (Å²) in [5, 5.41) is 0. The first-order valence-electron chi connectivity index (χ1n) is 5.37. The maximum absolute atomic E-state index is 11.8. The van der Waals surface area contributed by atoms with Crippen molar-refractivity contribution in [1.82, 2.24) is 4.73 Å². The van der Waals surface area contributed by atoms with Gasteiger partial charge in [-0.25, -0.2) is 0 Å². The molecule has 2 aromatic rings. The highest BCUT2D eigenvalue weighted by molar-refractivity contribution is 5.92. The maximum atomic E-state index is 11.8. The van der Waals surface area contributed by atoms with Crippen molar-refractivity contribution in [3.8, 4) is 0 Å². The van der Waals surface area contributed by atoms with E-state index < -0.39 is 11.5 Å². The lowest BCUT2D eigenvalue weighted by atomic mass is 10.2. The van der Waals surface area contributed by atoms with Crippen LogP contribution in [0.25, 0.3) is 0 Å². The van der Waals surface area contributed by atoms with Crippen molar-refractivity contribution in [3.63, 3.8) is 0 Å². The Morgan fingerprint density at radius 3 is 2.56 bits per heavy atom. The molecule has 2 rings (SSSR count). The number of nitrogens with zero attached hydrogens (tertiary/aromatic N) is 1. The van der Waals surface area contributed by atoms with Crippen LogP contribution >= 0.6 is 0 Å². The van der Waals surface area contributed by atoms with Crippen molar-refractivity contribution in [2.75, 3.05) is 0 Å². The van der Waals surface area contributed by atoms with Crippen LogP contribution in [0.15, 0.2) is 53.5 Å². The summed E-state index contributed by atoms with van der Waals surface area (Å²) in [4.78, 5) is 28.1. The Kier molecular flexibility index (Phi) is 3.43. The Bertz CT molecular complexity index is 605. The van der Waals surface area contributed by atoms with E-state index in [0.29, 0.717) is 0 Å². The molecule has 0 bridgehead atoms. The number of pyridine rings is 1. The van der Waals surface area contributed by atoms with Crippen LogP contribution in [0.3, 0.4) is 0 Å². The minimum atomic E-state index is -0.766. The Morgan fingerprint density at radius 1 is 1.17 bits per heavy atom. The van der Waals surface area contributed by atoms with E-state index in [0.717, 1.165) is 10.3 Å². The number of primary amides is 1. The van der Waals surface area contributed by atoms with Gasteiger partial charge in [0.05, 0.1) is 0 Å². The zero-order valence-corrected chi connectivity index (χ0v) is 9.58. The quantitative estimate of drug-likeness (QED) is 0.854. The molecule has 92 valence electrons. The van der Waals surface area contributed by atoms with Crippen molar-refractivity contribution in [2.45, 2.75) is 6.61 Å². The van der Waals surface area contributed by atoms with Gasteiger partial charge in [0.15, 0.2) is 0 Å². The lowest BCUT2D eigenvalue weighted by molar-refractivity contribution is 0.0859. The molecule has 0 radical (unpaired) electrons. The Labute approximate surface area is 103 Å². The van der Waals surface area contributed by atoms with E-state index in [1.165, 1.54) is 18.3 Å². The number of carbonyl (C=O) groups excluding carboxylic acids is 1.